The molecule has 5 nitrogen and oxygen atoms in total. The Bertz CT molecular complexity index is 669. The summed E-state index contributed by atoms with van der Waals surface area (Å²) in [5, 5.41) is 3.12. The topological polar surface area (TPSA) is 72.5 Å². The second kappa shape index (κ2) is 10.2. The fourth-order valence-electron chi connectivity index (χ4n) is 2.15. The molecule has 0 atom stereocenters. The monoisotopic (exact) mass is 454 g/mol. The highest BCUT2D eigenvalue weighted by Gasteiger charge is 2.14. The summed E-state index contributed by atoms with van der Waals surface area (Å²) < 4.78 is 5.97. The number of nitrogens with one attached hydrogen (secondary N) is 1. The lowest BCUT2D eigenvalue weighted by Crippen LogP contribution is -2.33. The van der Waals surface area contributed by atoms with Crippen LogP contribution < -0.4 is 15.8 Å². The molecule has 0 saturated heterocycles. The summed E-state index contributed by atoms with van der Waals surface area (Å²) in [6.45, 7) is 7.27. The van der Waals surface area contributed by atoms with Gasteiger partial charge in [-0.3, -0.25) is 4.98 Å². The number of hydrogen-bond donors (Lipinski definition) is 2. The van der Waals surface area contributed by atoms with Gasteiger partial charge in [-0.1, -0.05) is 24.3 Å². The predicted octanol–water partition coefficient (Wildman–Crippen LogP) is 3.52. The predicted molar refractivity (Wildman–Crippen MR) is 114 cm³/mol. The molecule has 0 aliphatic carbocycles. The Kier molecular flexibility index (Phi) is 8.68. The van der Waals surface area contributed by atoms with Crippen molar-refractivity contribution in [3.63, 3.8) is 0 Å². The van der Waals surface area contributed by atoms with Crippen molar-refractivity contribution in [1.82, 2.24) is 10.3 Å². The lowest BCUT2D eigenvalue weighted by molar-refractivity contribution is 0.129. The number of halogens is 1. The highest BCUT2D eigenvalue weighted by molar-refractivity contribution is 14.0. The van der Waals surface area contributed by atoms with E-state index in [1.165, 1.54) is 0 Å². The van der Waals surface area contributed by atoms with Crippen LogP contribution in [-0.4, -0.2) is 23.1 Å². The molecule has 0 amide bonds. The fraction of sp³-hybridized carbons (Fsp3) is 0.368. The largest absolute Gasteiger partial charge is 0.488 e. The molecular formula is C19H27IN4O. The first-order chi connectivity index (χ1) is 11.4. The molecule has 1 heterocycles. The number of aromatic nitrogens is 1. The fourth-order valence-corrected chi connectivity index (χ4v) is 2.15. The van der Waals surface area contributed by atoms with Gasteiger partial charge in [0.25, 0.3) is 0 Å². The number of ether oxygens (including phenoxy) is 1. The van der Waals surface area contributed by atoms with Crippen LogP contribution in [0.4, 0.5) is 0 Å². The standard InChI is InChI=1S/C19H26N4O.HI/c1-19(2,3)24-17-10-5-4-8-15(17)14-23-18(20)22-13-11-16-9-6-7-12-21-16;/h4-10,12H,11,13-14H2,1-3H3,(H3,20,22,23);1H. The van der Waals surface area contributed by atoms with Crippen LogP contribution in [0.3, 0.4) is 0 Å². The van der Waals surface area contributed by atoms with Crippen LogP contribution in [0.5, 0.6) is 5.75 Å². The van der Waals surface area contributed by atoms with Gasteiger partial charge in [-0.05, 0) is 39.0 Å². The van der Waals surface area contributed by atoms with Gasteiger partial charge in [0.2, 0.25) is 0 Å². The minimum Gasteiger partial charge on any atom is -0.488 e. The van der Waals surface area contributed by atoms with Crippen molar-refractivity contribution >= 4 is 29.9 Å². The minimum atomic E-state index is -0.244. The zero-order valence-corrected chi connectivity index (χ0v) is 17.4. The molecule has 0 fully saturated rings. The van der Waals surface area contributed by atoms with E-state index in [0.29, 0.717) is 19.0 Å². The number of pyridine rings is 1. The maximum Gasteiger partial charge on any atom is 0.188 e. The van der Waals surface area contributed by atoms with Gasteiger partial charge in [-0.25, -0.2) is 4.99 Å². The maximum atomic E-state index is 5.97. The van der Waals surface area contributed by atoms with E-state index in [9.17, 15) is 0 Å². The lowest BCUT2D eigenvalue weighted by Gasteiger charge is -2.23. The van der Waals surface area contributed by atoms with Crippen molar-refractivity contribution < 1.29 is 4.74 Å². The second-order valence-electron chi connectivity index (χ2n) is 6.52. The van der Waals surface area contributed by atoms with E-state index in [-0.39, 0.29) is 29.6 Å². The molecule has 0 unspecified atom stereocenters. The van der Waals surface area contributed by atoms with Crippen LogP contribution in [-0.2, 0) is 13.0 Å². The number of benzene rings is 1. The highest BCUT2D eigenvalue weighted by atomic mass is 127. The summed E-state index contributed by atoms with van der Waals surface area (Å²) in [5.74, 6) is 1.27. The third-order valence-corrected chi connectivity index (χ3v) is 3.22. The number of rotatable bonds is 6. The van der Waals surface area contributed by atoms with Crippen molar-refractivity contribution in [3.8, 4) is 5.75 Å². The Morgan fingerprint density at radius 3 is 2.56 bits per heavy atom. The summed E-state index contributed by atoms with van der Waals surface area (Å²) in [6.07, 6.45) is 2.60. The van der Waals surface area contributed by atoms with Crippen LogP contribution in [0.15, 0.2) is 53.7 Å². The number of aliphatic imine (C=N–C) groups is 1. The number of nitrogens with two attached hydrogens (primary N) is 1. The van der Waals surface area contributed by atoms with Crippen LogP contribution >= 0.6 is 24.0 Å². The first-order valence-corrected chi connectivity index (χ1v) is 8.15. The molecule has 0 spiro atoms. The van der Waals surface area contributed by atoms with E-state index < -0.39 is 0 Å². The van der Waals surface area contributed by atoms with E-state index in [2.05, 4.69) is 15.3 Å². The first kappa shape index (κ1) is 21.2. The van der Waals surface area contributed by atoms with Crippen molar-refractivity contribution in [2.45, 2.75) is 39.3 Å². The Morgan fingerprint density at radius 1 is 1.16 bits per heavy atom. The number of para-hydroxylation sites is 1. The molecule has 0 aliphatic heterocycles. The third-order valence-electron chi connectivity index (χ3n) is 3.22. The van der Waals surface area contributed by atoms with Crippen LogP contribution in [0.2, 0.25) is 0 Å². The van der Waals surface area contributed by atoms with Crippen LogP contribution in [0.1, 0.15) is 32.0 Å². The average Bonchev–Trinajstić information content (AvgIpc) is 2.54. The molecule has 1 aromatic carbocycles. The van der Waals surface area contributed by atoms with Gasteiger partial charge in [0.1, 0.15) is 11.4 Å². The third kappa shape index (κ3) is 8.20. The van der Waals surface area contributed by atoms with Gasteiger partial charge in [-0.2, -0.15) is 0 Å². The zero-order valence-electron chi connectivity index (χ0n) is 15.0. The molecule has 0 aliphatic rings. The van der Waals surface area contributed by atoms with Gasteiger partial charge in [0, 0.05) is 30.4 Å². The van der Waals surface area contributed by atoms with E-state index in [4.69, 9.17) is 10.5 Å². The SMILES string of the molecule is CC(C)(C)Oc1ccccc1CN=C(N)NCCc1ccccn1.I. The smallest absolute Gasteiger partial charge is 0.188 e. The molecule has 0 saturated carbocycles. The Hall–Kier alpha value is -1.83. The number of hydrogen-bond acceptors (Lipinski definition) is 3. The molecule has 6 heteroatoms. The van der Waals surface area contributed by atoms with Crippen LogP contribution in [0.25, 0.3) is 0 Å². The van der Waals surface area contributed by atoms with E-state index in [0.717, 1.165) is 23.4 Å². The maximum absolute atomic E-state index is 5.97. The summed E-state index contributed by atoms with van der Waals surface area (Å²) in [5.41, 5.74) is 7.74. The quantitative estimate of drug-likeness (QED) is 0.398. The first-order valence-electron chi connectivity index (χ1n) is 8.15. The molecule has 0 bridgehead atoms. The van der Waals surface area contributed by atoms with Crippen molar-refractivity contribution in [2.75, 3.05) is 6.54 Å². The van der Waals surface area contributed by atoms with Gasteiger partial charge in [0.15, 0.2) is 5.96 Å². The van der Waals surface area contributed by atoms with Gasteiger partial charge in [-0.15, -0.1) is 24.0 Å². The lowest BCUT2D eigenvalue weighted by atomic mass is 10.1. The molecule has 25 heavy (non-hydrogen) atoms. The number of guanidine groups is 1. The van der Waals surface area contributed by atoms with E-state index >= 15 is 0 Å². The highest BCUT2D eigenvalue weighted by Crippen LogP contribution is 2.23. The summed E-state index contributed by atoms with van der Waals surface area (Å²) in [4.78, 5) is 8.68. The Morgan fingerprint density at radius 2 is 1.88 bits per heavy atom. The van der Waals surface area contributed by atoms with Crippen molar-refractivity contribution in [3.05, 3.63) is 59.9 Å². The Labute approximate surface area is 167 Å². The van der Waals surface area contributed by atoms with Gasteiger partial charge >= 0.3 is 0 Å². The van der Waals surface area contributed by atoms with Gasteiger partial charge in [0.05, 0.1) is 6.54 Å². The summed E-state index contributed by atoms with van der Waals surface area (Å²) >= 11 is 0. The molecule has 0 radical (unpaired) electrons. The van der Waals surface area contributed by atoms with E-state index in [1.54, 1.807) is 6.20 Å². The Balaban J connectivity index is 0.00000312. The van der Waals surface area contributed by atoms with Crippen LogP contribution in [0, 0.1) is 0 Å². The average molecular weight is 454 g/mol. The molecule has 2 rings (SSSR count). The minimum absolute atomic E-state index is 0. The normalized spacial score (nSPS) is 11.6. The molecule has 3 N–H and O–H groups in total. The van der Waals surface area contributed by atoms with Crippen molar-refractivity contribution in [2.24, 2.45) is 10.7 Å². The molecule has 2 aromatic rings. The van der Waals surface area contributed by atoms with E-state index in [1.807, 2.05) is 63.2 Å². The second-order valence-corrected chi connectivity index (χ2v) is 6.52. The van der Waals surface area contributed by atoms with Crippen molar-refractivity contribution in [1.29, 1.82) is 0 Å². The summed E-state index contributed by atoms with van der Waals surface area (Å²) in [6, 6.07) is 13.8. The van der Waals surface area contributed by atoms with Gasteiger partial charge < -0.3 is 15.8 Å². The molecular weight excluding hydrogens is 427 g/mol. The summed E-state index contributed by atoms with van der Waals surface area (Å²) in [7, 11) is 0. The zero-order chi connectivity index (χ0) is 17.4. The molecule has 136 valence electrons. The number of nitrogens with zero attached hydrogens (tertiary/aromatic N) is 2. The molecule has 1 aromatic heterocycles.